The molecule has 0 radical (unpaired) electrons. The maximum Gasteiger partial charge on any atom is 0.417 e. The van der Waals surface area contributed by atoms with Crippen LogP contribution in [0.4, 0.5) is 26.3 Å². The fraction of sp³-hybridized carbons (Fsp3) is 0.0351. The van der Waals surface area contributed by atoms with Gasteiger partial charge in [0.05, 0.1) is 67.0 Å². The average molecular weight is 902 g/mol. The summed E-state index contributed by atoms with van der Waals surface area (Å²) in [6.45, 7) is 0. The van der Waals surface area contributed by atoms with E-state index in [0.717, 1.165) is 54.7 Å². The Kier molecular flexibility index (Phi) is 8.23. The minimum atomic E-state index is -5.22. The van der Waals surface area contributed by atoms with Crippen LogP contribution in [0.2, 0.25) is 0 Å². The fourth-order valence-corrected chi connectivity index (χ4v) is 10.5. The number of benzene rings is 9. The molecule has 9 aromatic carbocycles. The molecule has 0 fully saturated rings. The van der Waals surface area contributed by atoms with Crippen LogP contribution in [0, 0.1) is 11.3 Å². The molecule has 4 heterocycles. The molecule has 326 valence electrons. The molecule has 0 aliphatic carbocycles. The number of hydrogen-bond acceptors (Lipinski definition) is 3. The zero-order valence-corrected chi connectivity index (χ0v) is 35.2. The number of fused-ring (bicyclic) bond motifs is 14. The van der Waals surface area contributed by atoms with Gasteiger partial charge in [0.15, 0.2) is 0 Å². The molecule has 68 heavy (non-hydrogen) atoms. The van der Waals surface area contributed by atoms with Gasteiger partial charge in [-0.05, 0) is 90.0 Å². The normalized spacial score (nSPS) is 12.5. The number of nitriles is 1. The van der Waals surface area contributed by atoms with Gasteiger partial charge in [0.1, 0.15) is 22.3 Å². The molecule has 0 unspecified atom stereocenters. The lowest BCUT2D eigenvalue weighted by Gasteiger charge is -2.24. The van der Waals surface area contributed by atoms with Crippen LogP contribution in [0.3, 0.4) is 0 Å². The lowest BCUT2D eigenvalue weighted by Crippen LogP contribution is -2.13. The van der Waals surface area contributed by atoms with E-state index in [4.69, 9.17) is 8.83 Å². The number of furan rings is 2. The Bertz CT molecular complexity index is 4330. The van der Waals surface area contributed by atoms with E-state index >= 15 is 13.2 Å². The topological polar surface area (TPSA) is 59.9 Å². The summed E-state index contributed by atoms with van der Waals surface area (Å²) in [5, 5.41) is 17.9. The third kappa shape index (κ3) is 5.58. The number of para-hydroxylation sites is 4. The van der Waals surface area contributed by atoms with Gasteiger partial charge in [-0.1, -0.05) is 97.1 Å². The molecule has 0 spiro atoms. The van der Waals surface area contributed by atoms with Gasteiger partial charge >= 0.3 is 12.4 Å². The van der Waals surface area contributed by atoms with Crippen molar-refractivity contribution in [1.29, 1.82) is 5.26 Å². The molecule has 0 N–H and O–H groups in total. The van der Waals surface area contributed by atoms with Crippen molar-refractivity contribution < 1.29 is 35.2 Å². The SMILES string of the molecule is N#Cc1cccc(-n2c3ccccc3c3c4oc5ccccc5c4ccc32)c1-c1c(-c2ccc(C(F)(F)F)cc2C(F)(F)F)cccc1-n1c2ccccc2c2c3oc4ccccc4c3ccc21. The fourth-order valence-electron chi connectivity index (χ4n) is 10.5. The lowest BCUT2D eigenvalue weighted by atomic mass is 9.86. The highest BCUT2D eigenvalue weighted by Crippen LogP contribution is 2.51. The van der Waals surface area contributed by atoms with Crippen LogP contribution < -0.4 is 0 Å². The van der Waals surface area contributed by atoms with E-state index in [1.807, 2.05) is 137 Å². The predicted molar refractivity (Wildman–Crippen MR) is 255 cm³/mol. The minimum Gasteiger partial charge on any atom is -0.455 e. The zero-order valence-electron chi connectivity index (χ0n) is 35.2. The first kappa shape index (κ1) is 39.6. The van der Waals surface area contributed by atoms with E-state index in [1.54, 1.807) is 24.3 Å². The Morgan fingerprint density at radius 1 is 0.412 bits per heavy atom. The molecule has 13 rings (SSSR count). The van der Waals surface area contributed by atoms with E-state index < -0.39 is 29.0 Å². The average Bonchev–Trinajstić information content (AvgIpc) is 4.10. The van der Waals surface area contributed by atoms with Gasteiger partial charge in [-0.2, -0.15) is 31.6 Å². The van der Waals surface area contributed by atoms with E-state index in [2.05, 4.69) is 6.07 Å². The predicted octanol–water partition coefficient (Wildman–Crippen LogP) is 16.9. The van der Waals surface area contributed by atoms with Gasteiger partial charge in [-0.3, -0.25) is 0 Å². The highest BCUT2D eigenvalue weighted by Gasteiger charge is 2.39. The molecule has 11 heteroatoms. The Morgan fingerprint density at radius 3 is 1.44 bits per heavy atom. The Balaban J connectivity index is 1.21. The van der Waals surface area contributed by atoms with Crippen molar-refractivity contribution in [2.45, 2.75) is 12.4 Å². The molecule has 5 nitrogen and oxygen atoms in total. The van der Waals surface area contributed by atoms with Crippen molar-refractivity contribution >= 4 is 87.5 Å². The zero-order chi connectivity index (χ0) is 46.2. The second-order valence-electron chi connectivity index (χ2n) is 16.8. The number of halogens is 6. The lowest BCUT2D eigenvalue weighted by molar-refractivity contribution is -0.142. The molecule has 0 amide bonds. The van der Waals surface area contributed by atoms with Gasteiger partial charge < -0.3 is 18.0 Å². The maximum absolute atomic E-state index is 15.4. The minimum absolute atomic E-state index is 0.0383. The maximum atomic E-state index is 15.4. The number of aromatic nitrogens is 2. The van der Waals surface area contributed by atoms with Gasteiger partial charge in [-0.15, -0.1) is 0 Å². The van der Waals surface area contributed by atoms with Crippen LogP contribution in [-0.4, -0.2) is 9.13 Å². The Labute approximate surface area is 380 Å². The van der Waals surface area contributed by atoms with E-state index in [-0.39, 0.29) is 28.3 Å². The van der Waals surface area contributed by atoms with E-state index in [9.17, 15) is 18.4 Å². The number of alkyl halides is 6. The van der Waals surface area contributed by atoms with E-state index in [1.165, 1.54) is 6.07 Å². The molecule has 0 saturated heterocycles. The second kappa shape index (κ2) is 14.1. The van der Waals surface area contributed by atoms with Crippen molar-refractivity contribution in [2.24, 2.45) is 0 Å². The van der Waals surface area contributed by atoms with Crippen molar-refractivity contribution in [3.63, 3.8) is 0 Å². The molecular weight excluding hydrogens is 873 g/mol. The van der Waals surface area contributed by atoms with Crippen molar-refractivity contribution in [3.8, 4) is 39.7 Å². The van der Waals surface area contributed by atoms with Gasteiger partial charge in [0.2, 0.25) is 0 Å². The highest BCUT2D eigenvalue weighted by atomic mass is 19.4. The summed E-state index contributed by atoms with van der Waals surface area (Å²) < 4.78 is 106. The van der Waals surface area contributed by atoms with Gasteiger partial charge in [-0.25, -0.2) is 0 Å². The molecule has 0 saturated carbocycles. The molecule has 13 aromatic rings. The first-order chi connectivity index (χ1) is 33.0. The van der Waals surface area contributed by atoms with Crippen molar-refractivity contribution in [2.75, 3.05) is 0 Å². The standard InChI is InChI=1S/C57H29F6N3O2/c58-56(59,60)32-23-24-33(41(29-32)57(61,62)63)36-16-10-20-45(66-43-18-6-2-15-40(43)53-47(66)28-26-38-35-13-4-8-22-49(35)68-55(38)53)51(36)50-31(30-64)11-9-19-44(50)65-42-17-5-1-14-39(42)52-46(65)27-25-37-34-12-3-7-21-48(34)67-54(37)52/h1-29H. The Hall–Kier alpha value is -8.75. The number of nitrogens with zero attached hydrogens (tertiary/aromatic N) is 3. The summed E-state index contributed by atoms with van der Waals surface area (Å²) >= 11 is 0. The first-order valence-corrected chi connectivity index (χ1v) is 21.6. The highest BCUT2D eigenvalue weighted by molar-refractivity contribution is 6.25. The summed E-state index contributed by atoms with van der Waals surface area (Å²) in [5.41, 5.74) is 3.31. The summed E-state index contributed by atoms with van der Waals surface area (Å²) in [7, 11) is 0. The molecular formula is C57H29F6N3O2. The van der Waals surface area contributed by atoms with Crippen molar-refractivity contribution in [3.05, 3.63) is 193 Å². The molecule has 0 bridgehead atoms. The van der Waals surface area contributed by atoms with Crippen LogP contribution in [-0.2, 0) is 12.4 Å². The molecule has 4 aromatic heterocycles. The summed E-state index contributed by atoms with van der Waals surface area (Å²) in [6.07, 6.45) is -10.3. The van der Waals surface area contributed by atoms with E-state index in [0.29, 0.717) is 56.3 Å². The quantitative estimate of drug-likeness (QED) is 0.165. The third-order valence-electron chi connectivity index (χ3n) is 13.2. The molecule has 0 aliphatic rings. The first-order valence-electron chi connectivity index (χ1n) is 21.6. The van der Waals surface area contributed by atoms with Gasteiger partial charge in [0.25, 0.3) is 0 Å². The van der Waals surface area contributed by atoms with Crippen LogP contribution >= 0.6 is 0 Å². The van der Waals surface area contributed by atoms with Crippen LogP contribution in [0.5, 0.6) is 0 Å². The third-order valence-corrected chi connectivity index (χ3v) is 13.2. The van der Waals surface area contributed by atoms with Crippen LogP contribution in [0.25, 0.3) is 121 Å². The summed E-state index contributed by atoms with van der Waals surface area (Å²) in [5.74, 6) is 0. The number of hydrogen-bond donors (Lipinski definition) is 0. The van der Waals surface area contributed by atoms with Crippen molar-refractivity contribution in [1.82, 2.24) is 9.13 Å². The smallest absolute Gasteiger partial charge is 0.417 e. The monoisotopic (exact) mass is 901 g/mol. The number of rotatable bonds is 4. The van der Waals surface area contributed by atoms with Gasteiger partial charge in [0, 0.05) is 43.4 Å². The largest absolute Gasteiger partial charge is 0.455 e. The van der Waals surface area contributed by atoms with Crippen LogP contribution in [0.1, 0.15) is 16.7 Å². The summed E-state index contributed by atoms with van der Waals surface area (Å²) in [6, 6.07) is 52.6. The Morgan fingerprint density at radius 2 is 0.912 bits per heavy atom. The molecule has 0 atom stereocenters. The van der Waals surface area contributed by atoms with Crippen LogP contribution in [0.15, 0.2) is 185 Å². The molecule has 0 aliphatic heterocycles. The second-order valence-corrected chi connectivity index (χ2v) is 16.8. The summed E-state index contributed by atoms with van der Waals surface area (Å²) in [4.78, 5) is 0.